The molecule has 0 amide bonds. The first-order valence-corrected chi connectivity index (χ1v) is 13.3. The molecule has 1 aliphatic carbocycles. The van der Waals surface area contributed by atoms with Crippen molar-refractivity contribution in [1.82, 2.24) is 0 Å². The molecule has 2 aliphatic rings. The first-order valence-electron chi connectivity index (χ1n) is 13.3. The van der Waals surface area contributed by atoms with Crippen molar-refractivity contribution in [3.05, 3.63) is 119 Å². The maximum absolute atomic E-state index is 6.90. The summed E-state index contributed by atoms with van der Waals surface area (Å²) < 4.78 is 18.1. The second-order valence-corrected chi connectivity index (χ2v) is 10.3. The van der Waals surface area contributed by atoms with Crippen LogP contribution >= 0.6 is 0 Å². The Hall–Kier alpha value is -4.24. The molecule has 38 heavy (non-hydrogen) atoms. The van der Waals surface area contributed by atoms with Gasteiger partial charge < -0.3 is 14.2 Å². The van der Waals surface area contributed by atoms with Crippen LogP contribution in [0, 0.1) is 0 Å². The van der Waals surface area contributed by atoms with Crippen LogP contribution in [0.15, 0.2) is 91.0 Å². The predicted octanol–water partition coefficient (Wildman–Crippen LogP) is 7.89. The average molecular weight is 499 g/mol. The lowest BCUT2D eigenvalue weighted by Gasteiger charge is -2.41. The number of fused-ring (bicyclic) bond motifs is 8. The lowest BCUT2D eigenvalue weighted by atomic mass is 9.68. The quantitative estimate of drug-likeness (QED) is 0.236. The van der Waals surface area contributed by atoms with Gasteiger partial charge in [0.05, 0.1) is 19.6 Å². The first kappa shape index (κ1) is 22.9. The zero-order valence-corrected chi connectivity index (χ0v) is 21.8. The highest BCUT2D eigenvalue weighted by molar-refractivity contribution is 6.15. The summed E-state index contributed by atoms with van der Waals surface area (Å²) in [6.45, 7) is 0.580. The van der Waals surface area contributed by atoms with Crippen LogP contribution in [0.3, 0.4) is 0 Å². The van der Waals surface area contributed by atoms with E-state index < -0.39 is 0 Å². The average Bonchev–Trinajstić information content (AvgIpc) is 3.00. The monoisotopic (exact) mass is 498 g/mol. The molecule has 5 aromatic rings. The highest BCUT2D eigenvalue weighted by Gasteiger charge is 2.41. The Morgan fingerprint density at radius 3 is 2.29 bits per heavy atom. The Balaban J connectivity index is 1.50. The van der Waals surface area contributed by atoms with Crippen LogP contribution in [0.2, 0.25) is 0 Å². The minimum absolute atomic E-state index is 0.288. The fourth-order valence-corrected chi connectivity index (χ4v) is 6.60. The van der Waals surface area contributed by atoms with Crippen LogP contribution in [0.4, 0.5) is 0 Å². The van der Waals surface area contributed by atoms with Gasteiger partial charge in [-0.1, -0.05) is 66.7 Å². The van der Waals surface area contributed by atoms with Gasteiger partial charge in [0.2, 0.25) is 0 Å². The Morgan fingerprint density at radius 1 is 0.711 bits per heavy atom. The van der Waals surface area contributed by atoms with Gasteiger partial charge in [0.15, 0.2) is 0 Å². The summed E-state index contributed by atoms with van der Waals surface area (Å²) in [5, 5.41) is 4.80. The first-order chi connectivity index (χ1) is 18.7. The van der Waals surface area contributed by atoms with Gasteiger partial charge >= 0.3 is 0 Å². The summed E-state index contributed by atoms with van der Waals surface area (Å²) in [7, 11) is 3.46. The molecule has 0 spiro atoms. The molecule has 0 bridgehead atoms. The molecule has 0 saturated carbocycles. The Kier molecular flexibility index (Phi) is 5.40. The summed E-state index contributed by atoms with van der Waals surface area (Å²) >= 11 is 0. The maximum atomic E-state index is 6.90. The third kappa shape index (κ3) is 3.35. The molecule has 7 rings (SSSR count). The molecule has 3 nitrogen and oxygen atoms in total. The van der Waals surface area contributed by atoms with Gasteiger partial charge in [0, 0.05) is 16.2 Å². The summed E-state index contributed by atoms with van der Waals surface area (Å²) in [6, 6.07) is 30.1. The largest absolute Gasteiger partial charge is 0.497 e. The molecule has 0 aromatic heterocycles. The molecule has 0 N–H and O–H groups in total. The zero-order chi connectivity index (χ0) is 25.7. The van der Waals surface area contributed by atoms with Crippen molar-refractivity contribution in [2.45, 2.75) is 24.7 Å². The zero-order valence-electron chi connectivity index (χ0n) is 21.8. The lowest BCUT2D eigenvalue weighted by molar-refractivity contribution is 0.217. The van der Waals surface area contributed by atoms with E-state index >= 15 is 0 Å². The van der Waals surface area contributed by atoms with Crippen molar-refractivity contribution < 1.29 is 14.2 Å². The number of allylic oxidation sites excluding steroid dienone is 1. The third-order valence-electron chi connectivity index (χ3n) is 8.47. The highest BCUT2D eigenvalue weighted by Crippen LogP contribution is 2.50. The van der Waals surface area contributed by atoms with Gasteiger partial charge in [-0.3, -0.25) is 0 Å². The number of methoxy groups -OCH3 is 2. The van der Waals surface area contributed by atoms with E-state index in [9.17, 15) is 0 Å². The topological polar surface area (TPSA) is 27.7 Å². The SMILES string of the molecule is COc1ccc(C2(c3ccccc3)COc3c(c4c(c5c3ccc3c(OC)cccc35)C=CCC4)C2)cc1. The summed E-state index contributed by atoms with van der Waals surface area (Å²) in [5.74, 6) is 2.81. The van der Waals surface area contributed by atoms with Crippen molar-refractivity contribution >= 4 is 27.6 Å². The molecule has 0 radical (unpaired) electrons. The van der Waals surface area contributed by atoms with E-state index in [0.717, 1.165) is 41.9 Å². The molecule has 5 aromatic carbocycles. The summed E-state index contributed by atoms with van der Waals surface area (Å²) in [6.07, 6.45) is 7.58. The standard InChI is InChI=1S/C35H30O3/c1-36-25-17-15-24(16-18-25)35(23-9-4-3-5-10-23)21-31-26-11-6-7-12-28(26)33-29-13-8-14-32(37-2)27(29)19-20-30(33)34(31)38-22-35/h3-5,7-10,12-20H,6,11,21-22H2,1-2H3. The Labute approximate surface area is 223 Å². The molecule has 0 fully saturated rings. The summed E-state index contributed by atoms with van der Waals surface area (Å²) in [5.41, 5.74) is 6.32. The van der Waals surface area contributed by atoms with Crippen LogP contribution < -0.4 is 14.2 Å². The van der Waals surface area contributed by atoms with Gasteiger partial charge in [0.25, 0.3) is 0 Å². The molecule has 1 heterocycles. The minimum atomic E-state index is -0.288. The Morgan fingerprint density at radius 2 is 1.50 bits per heavy atom. The van der Waals surface area contributed by atoms with Crippen molar-refractivity contribution in [1.29, 1.82) is 0 Å². The molecular weight excluding hydrogens is 468 g/mol. The van der Waals surface area contributed by atoms with Crippen molar-refractivity contribution in [3.8, 4) is 17.2 Å². The van der Waals surface area contributed by atoms with Crippen LogP contribution in [0.25, 0.3) is 27.6 Å². The predicted molar refractivity (Wildman–Crippen MR) is 155 cm³/mol. The van der Waals surface area contributed by atoms with Gasteiger partial charge in [-0.25, -0.2) is 0 Å². The van der Waals surface area contributed by atoms with Gasteiger partial charge in [-0.15, -0.1) is 0 Å². The minimum Gasteiger partial charge on any atom is -0.497 e. The number of hydrogen-bond acceptors (Lipinski definition) is 3. The molecule has 3 heteroatoms. The molecule has 188 valence electrons. The van der Waals surface area contributed by atoms with Gasteiger partial charge in [0.1, 0.15) is 23.9 Å². The molecule has 1 atom stereocenters. The van der Waals surface area contributed by atoms with Crippen LogP contribution in [0.1, 0.15) is 34.2 Å². The van der Waals surface area contributed by atoms with E-state index in [4.69, 9.17) is 14.2 Å². The van der Waals surface area contributed by atoms with E-state index in [1.54, 1.807) is 14.2 Å². The number of benzene rings is 5. The fourth-order valence-electron chi connectivity index (χ4n) is 6.60. The highest BCUT2D eigenvalue weighted by atomic mass is 16.5. The van der Waals surface area contributed by atoms with Crippen molar-refractivity contribution in [3.63, 3.8) is 0 Å². The third-order valence-corrected chi connectivity index (χ3v) is 8.47. The lowest BCUT2D eigenvalue weighted by Crippen LogP contribution is -2.41. The number of hydrogen-bond donors (Lipinski definition) is 0. The smallest absolute Gasteiger partial charge is 0.130 e. The molecule has 1 unspecified atom stereocenters. The van der Waals surface area contributed by atoms with E-state index in [1.165, 1.54) is 44.0 Å². The fraction of sp³-hybridized carbons (Fsp3) is 0.200. The van der Waals surface area contributed by atoms with Crippen molar-refractivity contribution in [2.24, 2.45) is 0 Å². The normalized spacial score (nSPS) is 18.1. The van der Waals surface area contributed by atoms with E-state index in [0.29, 0.717) is 6.61 Å². The van der Waals surface area contributed by atoms with Gasteiger partial charge in [-0.05, 0) is 82.8 Å². The van der Waals surface area contributed by atoms with E-state index in [-0.39, 0.29) is 5.41 Å². The number of ether oxygens (including phenoxy) is 3. The molecule has 0 saturated heterocycles. The summed E-state index contributed by atoms with van der Waals surface area (Å²) in [4.78, 5) is 0. The maximum Gasteiger partial charge on any atom is 0.130 e. The van der Waals surface area contributed by atoms with E-state index in [2.05, 4.69) is 91.0 Å². The molecule has 1 aliphatic heterocycles. The number of rotatable bonds is 4. The van der Waals surface area contributed by atoms with Crippen LogP contribution in [-0.2, 0) is 18.3 Å². The van der Waals surface area contributed by atoms with Gasteiger partial charge in [-0.2, -0.15) is 0 Å². The van der Waals surface area contributed by atoms with Crippen LogP contribution in [-0.4, -0.2) is 20.8 Å². The van der Waals surface area contributed by atoms with Crippen LogP contribution in [0.5, 0.6) is 17.2 Å². The Bertz CT molecular complexity index is 1700. The molecular formula is C35H30O3. The second-order valence-electron chi connectivity index (χ2n) is 10.3. The second kappa shape index (κ2) is 8.95. The van der Waals surface area contributed by atoms with E-state index in [1.807, 2.05) is 6.07 Å². The van der Waals surface area contributed by atoms with Crippen molar-refractivity contribution in [2.75, 3.05) is 20.8 Å².